The molecule has 1 aliphatic rings. The Hall–Kier alpha value is -0.570. The summed E-state index contributed by atoms with van der Waals surface area (Å²) in [7, 11) is 1.44. The molecule has 0 spiro atoms. The third kappa shape index (κ3) is 2.71. The van der Waals surface area contributed by atoms with Gasteiger partial charge < -0.3 is 10.5 Å². The van der Waals surface area contributed by atoms with Crippen molar-refractivity contribution < 1.29 is 9.53 Å². The number of ether oxygens (including phenoxy) is 1. The van der Waals surface area contributed by atoms with Gasteiger partial charge in [0.25, 0.3) is 0 Å². The van der Waals surface area contributed by atoms with E-state index in [2.05, 4.69) is 6.92 Å². The smallest absolute Gasteiger partial charge is 0.306 e. The van der Waals surface area contributed by atoms with Crippen molar-refractivity contribution in [1.29, 1.82) is 0 Å². The van der Waals surface area contributed by atoms with Crippen molar-refractivity contribution in [2.24, 2.45) is 17.1 Å². The van der Waals surface area contributed by atoms with Gasteiger partial charge in [-0.2, -0.15) is 0 Å². The molecule has 0 heterocycles. The molecule has 82 valence electrons. The second-order valence-electron chi connectivity index (χ2n) is 4.64. The van der Waals surface area contributed by atoms with E-state index >= 15 is 0 Å². The number of nitrogens with two attached hydrogens (primary N) is 1. The maximum absolute atomic E-state index is 11.2. The molecule has 1 fully saturated rings. The number of carbonyl (C=O) groups is 1. The van der Waals surface area contributed by atoms with Gasteiger partial charge in [0, 0.05) is 0 Å². The van der Waals surface area contributed by atoms with Crippen LogP contribution in [0.15, 0.2) is 0 Å². The summed E-state index contributed by atoms with van der Waals surface area (Å²) in [6.07, 6.45) is 5.01. The lowest BCUT2D eigenvalue weighted by Gasteiger charge is -2.37. The molecule has 0 aliphatic heterocycles. The normalized spacial score (nSPS) is 32.6. The average Bonchev–Trinajstić information content (AvgIpc) is 2.22. The van der Waals surface area contributed by atoms with Crippen molar-refractivity contribution >= 4 is 5.97 Å². The van der Waals surface area contributed by atoms with Crippen LogP contribution >= 0.6 is 0 Å². The monoisotopic (exact) mass is 199 g/mol. The molecule has 0 unspecified atom stereocenters. The van der Waals surface area contributed by atoms with Crippen molar-refractivity contribution in [2.75, 3.05) is 13.7 Å². The number of carbonyl (C=O) groups excluding carboxylic acids is 1. The minimum absolute atomic E-state index is 0.0274. The van der Waals surface area contributed by atoms with Gasteiger partial charge in [-0.1, -0.05) is 19.8 Å². The molecule has 14 heavy (non-hydrogen) atoms. The van der Waals surface area contributed by atoms with Gasteiger partial charge in [0.2, 0.25) is 0 Å². The van der Waals surface area contributed by atoms with Crippen LogP contribution in [0.25, 0.3) is 0 Å². The first-order valence-corrected chi connectivity index (χ1v) is 5.39. The molecule has 0 saturated heterocycles. The van der Waals surface area contributed by atoms with Crippen molar-refractivity contribution in [1.82, 2.24) is 0 Å². The van der Waals surface area contributed by atoms with Gasteiger partial charge in [0.1, 0.15) is 0 Å². The Morgan fingerprint density at radius 1 is 1.50 bits per heavy atom. The Morgan fingerprint density at radius 2 is 2.07 bits per heavy atom. The summed E-state index contributed by atoms with van der Waals surface area (Å²) in [5, 5.41) is 0. The number of methoxy groups -OCH3 is 1. The SMILES string of the molecule is COC(=O)CC1(CN)CCC(C)CC1. The van der Waals surface area contributed by atoms with Crippen LogP contribution < -0.4 is 5.73 Å². The molecule has 0 radical (unpaired) electrons. The highest BCUT2D eigenvalue weighted by atomic mass is 16.5. The second kappa shape index (κ2) is 4.78. The Morgan fingerprint density at radius 3 is 2.50 bits per heavy atom. The molecule has 0 amide bonds. The van der Waals surface area contributed by atoms with Gasteiger partial charge >= 0.3 is 5.97 Å². The zero-order valence-electron chi connectivity index (χ0n) is 9.21. The average molecular weight is 199 g/mol. The minimum atomic E-state index is -0.120. The summed E-state index contributed by atoms with van der Waals surface area (Å²) in [4.78, 5) is 11.2. The predicted octanol–water partition coefficient (Wildman–Crippen LogP) is 1.70. The summed E-state index contributed by atoms with van der Waals surface area (Å²) in [6.45, 7) is 2.87. The molecule has 0 aromatic carbocycles. The van der Waals surface area contributed by atoms with Crippen LogP contribution in [0.4, 0.5) is 0 Å². The van der Waals surface area contributed by atoms with E-state index < -0.39 is 0 Å². The molecule has 1 saturated carbocycles. The molecular weight excluding hydrogens is 178 g/mol. The van der Waals surface area contributed by atoms with E-state index in [0.717, 1.165) is 18.8 Å². The van der Waals surface area contributed by atoms with Crippen LogP contribution in [-0.4, -0.2) is 19.6 Å². The Kier molecular flexibility index (Phi) is 3.93. The Labute approximate surface area is 86.0 Å². The van der Waals surface area contributed by atoms with Gasteiger partial charge in [-0.3, -0.25) is 4.79 Å². The van der Waals surface area contributed by atoms with E-state index in [9.17, 15) is 4.79 Å². The third-order valence-electron chi connectivity index (χ3n) is 3.51. The first-order chi connectivity index (χ1) is 6.62. The van der Waals surface area contributed by atoms with E-state index in [0.29, 0.717) is 13.0 Å². The highest BCUT2D eigenvalue weighted by Gasteiger charge is 2.35. The van der Waals surface area contributed by atoms with Gasteiger partial charge in [0.05, 0.1) is 13.5 Å². The zero-order chi connectivity index (χ0) is 10.6. The number of hydrogen-bond acceptors (Lipinski definition) is 3. The van der Waals surface area contributed by atoms with E-state index in [1.165, 1.54) is 20.0 Å². The Balaban J connectivity index is 2.54. The molecule has 0 aromatic rings. The standard InChI is InChI=1S/C11H21NO2/c1-9-3-5-11(8-12,6-4-9)7-10(13)14-2/h9H,3-8,12H2,1-2H3. The summed E-state index contributed by atoms with van der Waals surface area (Å²) >= 11 is 0. The molecule has 3 heteroatoms. The van der Waals surface area contributed by atoms with E-state index in [-0.39, 0.29) is 11.4 Å². The first-order valence-electron chi connectivity index (χ1n) is 5.39. The highest BCUT2D eigenvalue weighted by molar-refractivity contribution is 5.70. The van der Waals surface area contributed by atoms with Crippen molar-refractivity contribution in [3.8, 4) is 0 Å². The molecule has 0 aromatic heterocycles. The summed E-state index contributed by atoms with van der Waals surface area (Å²) in [5.41, 5.74) is 5.81. The van der Waals surface area contributed by atoms with E-state index in [1.54, 1.807) is 0 Å². The maximum Gasteiger partial charge on any atom is 0.306 e. The van der Waals surface area contributed by atoms with Gasteiger partial charge in [-0.05, 0) is 30.7 Å². The lowest BCUT2D eigenvalue weighted by atomic mass is 9.69. The zero-order valence-corrected chi connectivity index (χ0v) is 9.21. The number of esters is 1. The summed E-state index contributed by atoms with van der Waals surface area (Å²) in [6, 6.07) is 0. The van der Waals surface area contributed by atoms with E-state index in [1.807, 2.05) is 0 Å². The highest BCUT2D eigenvalue weighted by Crippen LogP contribution is 2.40. The fourth-order valence-electron chi connectivity index (χ4n) is 2.21. The largest absolute Gasteiger partial charge is 0.469 e. The van der Waals surface area contributed by atoms with Gasteiger partial charge in [0.15, 0.2) is 0 Å². The fourth-order valence-corrected chi connectivity index (χ4v) is 2.21. The van der Waals surface area contributed by atoms with Crippen molar-refractivity contribution in [3.63, 3.8) is 0 Å². The van der Waals surface area contributed by atoms with Gasteiger partial charge in [-0.25, -0.2) is 0 Å². The molecular formula is C11H21NO2. The van der Waals surface area contributed by atoms with Crippen LogP contribution in [0.1, 0.15) is 39.0 Å². The molecule has 1 rings (SSSR count). The molecule has 1 aliphatic carbocycles. The van der Waals surface area contributed by atoms with E-state index in [4.69, 9.17) is 10.5 Å². The third-order valence-corrected chi connectivity index (χ3v) is 3.51. The molecule has 0 atom stereocenters. The van der Waals surface area contributed by atoms with Crippen LogP contribution in [0.5, 0.6) is 0 Å². The second-order valence-corrected chi connectivity index (χ2v) is 4.64. The van der Waals surface area contributed by atoms with Crippen molar-refractivity contribution in [3.05, 3.63) is 0 Å². The summed E-state index contributed by atoms with van der Waals surface area (Å²) in [5.74, 6) is 0.664. The van der Waals surface area contributed by atoms with Crippen molar-refractivity contribution in [2.45, 2.75) is 39.0 Å². The fraction of sp³-hybridized carbons (Fsp3) is 0.909. The quantitative estimate of drug-likeness (QED) is 0.704. The lowest BCUT2D eigenvalue weighted by molar-refractivity contribution is -0.144. The van der Waals surface area contributed by atoms with Gasteiger partial charge in [-0.15, -0.1) is 0 Å². The first kappa shape index (κ1) is 11.5. The predicted molar refractivity (Wildman–Crippen MR) is 55.8 cm³/mol. The Bertz CT molecular complexity index is 195. The molecule has 2 N–H and O–H groups in total. The molecule has 3 nitrogen and oxygen atoms in total. The molecule has 0 bridgehead atoms. The van der Waals surface area contributed by atoms with Crippen LogP contribution in [0.3, 0.4) is 0 Å². The minimum Gasteiger partial charge on any atom is -0.469 e. The van der Waals surface area contributed by atoms with Crippen LogP contribution in [0, 0.1) is 11.3 Å². The number of hydrogen-bond donors (Lipinski definition) is 1. The topological polar surface area (TPSA) is 52.3 Å². The van der Waals surface area contributed by atoms with Crippen LogP contribution in [-0.2, 0) is 9.53 Å². The number of rotatable bonds is 3. The van der Waals surface area contributed by atoms with Crippen LogP contribution in [0.2, 0.25) is 0 Å². The lowest BCUT2D eigenvalue weighted by Crippen LogP contribution is -2.36. The summed E-state index contributed by atoms with van der Waals surface area (Å²) < 4.78 is 4.71. The maximum atomic E-state index is 11.2.